The van der Waals surface area contributed by atoms with Gasteiger partial charge in [-0.1, -0.05) is 12.1 Å². The molecule has 0 aliphatic heterocycles. The van der Waals surface area contributed by atoms with Crippen LogP contribution in [0.4, 0.5) is 10.1 Å². The first kappa shape index (κ1) is 12.9. The van der Waals surface area contributed by atoms with Crippen molar-refractivity contribution in [1.82, 2.24) is 0 Å². The standard InChI is InChI=1S/C12H19FN2O/c1-16-9-10(5-4-8-14)15-12-7-3-2-6-11(12)13/h2-3,6-7,10,15H,4-5,8-9,14H2,1H3. The fourth-order valence-corrected chi connectivity index (χ4v) is 1.56. The summed E-state index contributed by atoms with van der Waals surface area (Å²) in [5.41, 5.74) is 5.97. The van der Waals surface area contributed by atoms with E-state index < -0.39 is 0 Å². The zero-order valence-corrected chi connectivity index (χ0v) is 9.58. The molecule has 0 radical (unpaired) electrons. The lowest BCUT2D eigenvalue weighted by Gasteiger charge is -2.19. The Kier molecular flexibility index (Phi) is 5.82. The van der Waals surface area contributed by atoms with Gasteiger partial charge in [-0.05, 0) is 31.5 Å². The van der Waals surface area contributed by atoms with Crippen LogP contribution in [0.15, 0.2) is 24.3 Å². The van der Waals surface area contributed by atoms with Gasteiger partial charge in [0.05, 0.1) is 12.3 Å². The molecule has 90 valence electrons. The summed E-state index contributed by atoms with van der Waals surface area (Å²) in [6, 6.07) is 6.74. The Hall–Kier alpha value is -1.13. The average Bonchev–Trinajstić information content (AvgIpc) is 2.29. The fourth-order valence-electron chi connectivity index (χ4n) is 1.56. The van der Waals surface area contributed by atoms with Crippen molar-refractivity contribution in [1.29, 1.82) is 0 Å². The van der Waals surface area contributed by atoms with Crippen LogP contribution in [0.5, 0.6) is 0 Å². The Morgan fingerprint density at radius 2 is 2.19 bits per heavy atom. The molecule has 0 aliphatic carbocycles. The summed E-state index contributed by atoms with van der Waals surface area (Å²) >= 11 is 0. The van der Waals surface area contributed by atoms with Gasteiger partial charge in [-0.15, -0.1) is 0 Å². The number of ether oxygens (including phenoxy) is 1. The van der Waals surface area contributed by atoms with E-state index in [4.69, 9.17) is 10.5 Å². The minimum atomic E-state index is -0.239. The first-order chi connectivity index (χ1) is 7.77. The normalized spacial score (nSPS) is 12.4. The summed E-state index contributed by atoms with van der Waals surface area (Å²) in [5, 5.41) is 3.13. The Morgan fingerprint density at radius 3 is 2.81 bits per heavy atom. The predicted molar refractivity (Wildman–Crippen MR) is 64.0 cm³/mol. The van der Waals surface area contributed by atoms with Crippen LogP contribution < -0.4 is 11.1 Å². The van der Waals surface area contributed by atoms with E-state index >= 15 is 0 Å². The molecule has 4 heteroatoms. The summed E-state index contributed by atoms with van der Waals surface area (Å²) in [4.78, 5) is 0. The maximum Gasteiger partial charge on any atom is 0.146 e. The topological polar surface area (TPSA) is 47.3 Å². The van der Waals surface area contributed by atoms with Crippen LogP contribution in [-0.2, 0) is 4.74 Å². The number of halogens is 1. The summed E-state index contributed by atoms with van der Waals surface area (Å²) in [6.07, 6.45) is 1.77. The van der Waals surface area contributed by atoms with Gasteiger partial charge in [0, 0.05) is 13.2 Å². The Balaban J connectivity index is 2.56. The van der Waals surface area contributed by atoms with Crippen molar-refractivity contribution < 1.29 is 9.13 Å². The third-order valence-electron chi connectivity index (χ3n) is 2.36. The first-order valence-corrected chi connectivity index (χ1v) is 5.48. The number of methoxy groups -OCH3 is 1. The van der Waals surface area contributed by atoms with Crippen molar-refractivity contribution in [3.8, 4) is 0 Å². The largest absolute Gasteiger partial charge is 0.383 e. The molecule has 0 bridgehead atoms. The van der Waals surface area contributed by atoms with E-state index in [1.807, 2.05) is 0 Å². The second-order valence-electron chi connectivity index (χ2n) is 3.71. The Bertz CT molecular complexity index is 307. The molecule has 1 rings (SSSR count). The highest BCUT2D eigenvalue weighted by Gasteiger charge is 2.09. The molecule has 0 saturated heterocycles. The first-order valence-electron chi connectivity index (χ1n) is 5.48. The number of rotatable bonds is 7. The highest BCUT2D eigenvalue weighted by Crippen LogP contribution is 2.15. The van der Waals surface area contributed by atoms with Crippen LogP contribution in [0.1, 0.15) is 12.8 Å². The van der Waals surface area contributed by atoms with Crippen molar-refractivity contribution in [3.63, 3.8) is 0 Å². The molecule has 1 unspecified atom stereocenters. The fraction of sp³-hybridized carbons (Fsp3) is 0.500. The molecule has 0 saturated carbocycles. The lowest BCUT2D eigenvalue weighted by molar-refractivity contribution is 0.182. The van der Waals surface area contributed by atoms with Crippen molar-refractivity contribution in [2.75, 3.05) is 25.6 Å². The molecular formula is C12H19FN2O. The molecule has 0 aromatic heterocycles. The molecule has 0 spiro atoms. The lowest BCUT2D eigenvalue weighted by Crippen LogP contribution is -2.26. The smallest absolute Gasteiger partial charge is 0.146 e. The molecule has 0 aliphatic rings. The molecule has 0 fully saturated rings. The summed E-state index contributed by atoms with van der Waals surface area (Å²) in [7, 11) is 1.64. The van der Waals surface area contributed by atoms with Crippen molar-refractivity contribution >= 4 is 5.69 Å². The van der Waals surface area contributed by atoms with Gasteiger partial charge < -0.3 is 15.8 Å². The molecular weight excluding hydrogens is 207 g/mol. The Morgan fingerprint density at radius 1 is 1.44 bits per heavy atom. The van der Waals surface area contributed by atoms with Crippen LogP contribution in [0.3, 0.4) is 0 Å². The van der Waals surface area contributed by atoms with Crippen molar-refractivity contribution in [2.45, 2.75) is 18.9 Å². The highest BCUT2D eigenvalue weighted by molar-refractivity contribution is 5.45. The van der Waals surface area contributed by atoms with E-state index in [9.17, 15) is 4.39 Å². The number of para-hydroxylation sites is 1. The van der Waals surface area contributed by atoms with Crippen LogP contribution in [0.2, 0.25) is 0 Å². The Labute approximate surface area is 95.8 Å². The molecule has 3 N–H and O–H groups in total. The number of nitrogens with two attached hydrogens (primary N) is 1. The van der Waals surface area contributed by atoms with Gasteiger partial charge in [-0.3, -0.25) is 0 Å². The number of hydrogen-bond acceptors (Lipinski definition) is 3. The summed E-state index contributed by atoms with van der Waals surface area (Å²) in [5.74, 6) is -0.239. The van der Waals surface area contributed by atoms with Crippen molar-refractivity contribution in [2.24, 2.45) is 5.73 Å². The van der Waals surface area contributed by atoms with Crippen LogP contribution in [-0.4, -0.2) is 26.3 Å². The molecule has 16 heavy (non-hydrogen) atoms. The van der Waals surface area contributed by atoms with Gasteiger partial charge in [-0.25, -0.2) is 4.39 Å². The zero-order valence-electron chi connectivity index (χ0n) is 9.58. The van der Waals surface area contributed by atoms with E-state index in [-0.39, 0.29) is 11.9 Å². The average molecular weight is 226 g/mol. The maximum atomic E-state index is 13.4. The number of anilines is 1. The van der Waals surface area contributed by atoms with Gasteiger partial charge in [0.15, 0.2) is 0 Å². The SMILES string of the molecule is COCC(CCCN)Nc1ccccc1F. The van der Waals surface area contributed by atoms with Gasteiger partial charge in [0.2, 0.25) is 0 Å². The molecule has 0 heterocycles. The van der Waals surface area contributed by atoms with E-state index in [1.54, 1.807) is 25.3 Å². The summed E-state index contributed by atoms with van der Waals surface area (Å²) in [6.45, 7) is 1.19. The third-order valence-corrected chi connectivity index (χ3v) is 2.36. The van der Waals surface area contributed by atoms with Crippen LogP contribution >= 0.6 is 0 Å². The molecule has 0 amide bonds. The minimum Gasteiger partial charge on any atom is -0.383 e. The quantitative estimate of drug-likeness (QED) is 0.747. The highest BCUT2D eigenvalue weighted by atomic mass is 19.1. The second kappa shape index (κ2) is 7.19. The van der Waals surface area contributed by atoms with E-state index in [2.05, 4.69) is 5.32 Å². The number of hydrogen-bond donors (Lipinski definition) is 2. The molecule has 1 aromatic rings. The van der Waals surface area contributed by atoms with E-state index in [1.165, 1.54) is 6.07 Å². The van der Waals surface area contributed by atoms with Gasteiger partial charge in [0.1, 0.15) is 5.82 Å². The molecule has 1 atom stereocenters. The minimum absolute atomic E-state index is 0.102. The van der Waals surface area contributed by atoms with Gasteiger partial charge in [-0.2, -0.15) is 0 Å². The number of nitrogens with one attached hydrogen (secondary N) is 1. The monoisotopic (exact) mass is 226 g/mol. The van der Waals surface area contributed by atoms with Crippen molar-refractivity contribution in [3.05, 3.63) is 30.1 Å². The van der Waals surface area contributed by atoms with Crippen LogP contribution in [0.25, 0.3) is 0 Å². The van der Waals surface area contributed by atoms with E-state index in [0.717, 1.165) is 12.8 Å². The third kappa shape index (κ3) is 4.16. The van der Waals surface area contributed by atoms with Gasteiger partial charge in [0.25, 0.3) is 0 Å². The predicted octanol–water partition coefficient (Wildman–Crippen LogP) is 1.99. The van der Waals surface area contributed by atoms with E-state index in [0.29, 0.717) is 18.8 Å². The molecule has 1 aromatic carbocycles. The van der Waals surface area contributed by atoms with Crippen LogP contribution in [0, 0.1) is 5.82 Å². The zero-order chi connectivity index (χ0) is 11.8. The molecule has 3 nitrogen and oxygen atoms in total. The number of benzene rings is 1. The van der Waals surface area contributed by atoms with Gasteiger partial charge >= 0.3 is 0 Å². The summed E-state index contributed by atoms with van der Waals surface area (Å²) < 4.78 is 18.5. The lowest BCUT2D eigenvalue weighted by atomic mass is 10.1. The maximum absolute atomic E-state index is 13.4. The second-order valence-corrected chi connectivity index (χ2v) is 3.71.